The number of fused-ring (bicyclic) bond motifs is 3. The molecule has 0 bridgehead atoms. The number of carbonyl (C=O) groups is 1. The smallest absolute Gasteiger partial charge is 0.179 e. The van der Waals surface area contributed by atoms with Gasteiger partial charge in [0.15, 0.2) is 5.78 Å². The Morgan fingerprint density at radius 2 is 2.18 bits per heavy atom. The number of Topliss-reactive ketones (excluding diaryl/α,β-unsaturated/α-hetero) is 1. The Hall–Kier alpha value is -1.64. The van der Waals surface area contributed by atoms with Crippen molar-refractivity contribution in [2.75, 3.05) is 0 Å². The van der Waals surface area contributed by atoms with Crippen LogP contribution in [0.25, 0.3) is 10.9 Å². The molecule has 0 radical (unpaired) electrons. The van der Waals surface area contributed by atoms with Crippen LogP contribution < -0.4 is 0 Å². The van der Waals surface area contributed by atoms with Gasteiger partial charge in [0.2, 0.25) is 0 Å². The fourth-order valence-corrected chi connectivity index (χ4v) is 2.84. The first-order chi connectivity index (χ1) is 8.22. The molecule has 0 unspecified atom stereocenters. The number of carbonyl (C=O) groups excluding carboxylic acids is 1. The van der Waals surface area contributed by atoms with Crippen LogP contribution in [-0.4, -0.2) is 10.4 Å². The van der Waals surface area contributed by atoms with Gasteiger partial charge in [0.05, 0.1) is 5.69 Å². The molecular formula is C14H14FNO. The Bertz CT molecular complexity index is 612. The van der Waals surface area contributed by atoms with Crippen LogP contribution in [0.4, 0.5) is 4.39 Å². The molecule has 3 heteroatoms. The first-order valence-electron chi connectivity index (χ1n) is 6.06. The molecule has 1 aliphatic carbocycles. The average molecular weight is 231 g/mol. The van der Waals surface area contributed by atoms with E-state index in [9.17, 15) is 9.18 Å². The van der Waals surface area contributed by atoms with E-state index in [1.54, 1.807) is 12.1 Å². The maximum atomic E-state index is 13.3. The van der Waals surface area contributed by atoms with Crippen LogP contribution in [0.15, 0.2) is 18.2 Å². The van der Waals surface area contributed by atoms with Gasteiger partial charge in [-0.2, -0.15) is 0 Å². The summed E-state index contributed by atoms with van der Waals surface area (Å²) >= 11 is 0. The second-order valence-corrected chi connectivity index (χ2v) is 4.51. The van der Waals surface area contributed by atoms with Crippen molar-refractivity contribution in [2.45, 2.75) is 32.7 Å². The Morgan fingerprint density at radius 3 is 2.94 bits per heavy atom. The molecule has 1 aliphatic rings. The highest BCUT2D eigenvalue weighted by Crippen LogP contribution is 2.32. The Balaban J connectivity index is 2.42. The van der Waals surface area contributed by atoms with Crippen LogP contribution in [0.2, 0.25) is 0 Å². The van der Waals surface area contributed by atoms with E-state index >= 15 is 0 Å². The van der Waals surface area contributed by atoms with Crippen molar-refractivity contribution in [1.29, 1.82) is 0 Å². The summed E-state index contributed by atoms with van der Waals surface area (Å²) in [4.78, 5) is 12.0. The zero-order chi connectivity index (χ0) is 12.0. The molecule has 3 rings (SSSR count). The van der Waals surface area contributed by atoms with Crippen LogP contribution >= 0.6 is 0 Å². The van der Waals surface area contributed by atoms with E-state index in [0.29, 0.717) is 6.42 Å². The van der Waals surface area contributed by atoms with E-state index in [1.807, 2.05) is 11.5 Å². The lowest BCUT2D eigenvalue weighted by atomic mass is 9.94. The van der Waals surface area contributed by atoms with Crippen molar-refractivity contribution in [2.24, 2.45) is 0 Å². The lowest BCUT2D eigenvalue weighted by Gasteiger charge is -2.13. The fourth-order valence-electron chi connectivity index (χ4n) is 2.84. The van der Waals surface area contributed by atoms with Crippen LogP contribution in [-0.2, 0) is 13.0 Å². The minimum Gasteiger partial charge on any atom is -0.338 e. The van der Waals surface area contributed by atoms with Gasteiger partial charge in [-0.1, -0.05) is 0 Å². The van der Waals surface area contributed by atoms with Crippen LogP contribution in [0.1, 0.15) is 35.8 Å². The molecule has 2 nitrogen and oxygen atoms in total. The normalized spacial score (nSPS) is 15.3. The van der Waals surface area contributed by atoms with E-state index in [4.69, 9.17) is 0 Å². The minimum atomic E-state index is -0.230. The average Bonchev–Trinajstić information content (AvgIpc) is 2.64. The lowest BCUT2D eigenvalue weighted by Crippen LogP contribution is -2.14. The summed E-state index contributed by atoms with van der Waals surface area (Å²) in [6.07, 6.45) is 2.38. The number of aryl methyl sites for hydroxylation is 2. The van der Waals surface area contributed by atoms with Gasteiger partial charge >= 0.3 is 0 Å². The van der Waals surface area contributed by atoms with Crippen molar-refractivity contribution < 1.29 is 9.18 Å². The van der Waals surface area contributed by atoms with E-state index in [2.05, 4.69) is 0 Å². The summed E-state index contributed by atoms with van der Waals surface area (Å²) in [7, 11) is 0. The Morgan fingerprint density at radius 1 is 1.35 bits per heavy atom. The summed E-state index contributed by atoms with van der Waals surface area (Å²) in [6, 6.07) is 4.79. The van der Waals surface area contributed by atoms with Gasteiger partial charge in [-0.25, -0.2) is 4.39 Å². The second kappa shape index (κ2) is 3.69. The van der Waals surface area contributed by atoms with Gasteiger partial charge in [-0.05, 0) is 43.5 Å². The number of hydrogen-bond donors (Lipinski definition) is 0. The summed E-state index contributed by atoms with van der Waals surface area (Å²) in [5.41, 5.74) is 2.83. The number of halogens is 1. The maximum absolute atomic E-state index is 13.3. The highest BCUT2D eigenvalue weighted by Gasteiger charge is 2.25. The summed E-state index contributed by atoms with van der Waals surface area (Å²) in [6.45, 7) is 2.77. The first kappa shape index (κ1) is 10.5. The Labute approximate surface area is 99.0 Å². The predicted molar refractivity (Wildman–Crippen MR) is 64.8 cm³/mol. The number of rotatable bonds is 1. The minimum absolute atomic E-state index is 0.199. The molecule has 0 N–H and O–H groups in total. The predicted octanol–water partition coefficient (Wildman–Crippen LogP) is 3.32. The topological polar surface area (TPSA) is 22.0 Å². The zero-order valence-electron chi connectivity index (χ0n) is 9.79. The monoisotopic (exact) mass is 231 g/mol. The largest absolute Gasteiger partial charge is 0.338 e. The molecule has 0 spiro atoms. The molecule has 0 atom stereocenters. The van der Waals surface area contributed by atoms with E-state index in [-0.39, 0.29) is 11.6 Å². The molecule has 0 amide bonds. The number of hydrogen-bond acceptors (Lipinski definition) is 1. The summed E-state index contributed by atoms with van der Waals surface area (Å²) < 4.78 is 15.3. The van der Waals surface area contributed by atoms with Gasteiger partial charge in [-0.15, -0.1) is 0 Å². The molecule has 0 saturated heterocycles. The first-order valence-corrected chi connectivity index (χ1v) is 6.06. The van der Waals surface area contributed by atoms with Crippen molar-refractivity contribution in [3.05, 3.63) is 35.3 Å². The molecule has 0 aliphatic heterocycles. The van der Waals surface area contributed by atoms with E-state index in [0.717, 1.165) is 41.5 Å². The molecule has 0 saturated carbocycles. The summed E-state index contributed by atoms with van der Waals surface area (Å²) in [5.74, 6) is -0.0312. The number of nitrogens with zero attached hydrogens (tertiary/aromatic N) is 1. The molecule has 17 heavy (non-hydrogen) atoms. The van der Waals surface area contributed by atoms with Crippen molar-refractivity contribution in [3.63, 3.8) is 0 Å². The highest BCUT2D eigenvalue weighted by atomic mass is 19.1. The molecule has 1 heterocycles. The highest BCUT2D eigenvalue weighted by molar-refractivity contribution is 6.04. The van der Waals surface area contributed by atoms with Crippen LogP contribution in [0.5, 0.6) is 0 Å². The molecule has 1 aromatic heterocycles. The maximum Gasteiger partial charge on any atom is 0.179 e. The molecular weight excluding hydrogens is 217 g/mol. The van der Waals surface area contributed by atoms with Gasteiger partial charge in [-0.3, -0.25) is 4.79 Å². The number of aromatic nitrogens is 1. The third-order valence-corrected chi connectivity index (χ3v) is 3.54. The van der Waals surface area contributed by atoms with Gasteiger partial charge < -0.3 is 4.57 Å². The van der Waals surface area contributed by atoms with Gasteiger partial charge in [0.1, 0.15) is 5.82 Å². The van der Waals surface area contributed by atoms with E-state index < -0.39 is 0 Å². The summed E-state index contributed by atoms with van der Waals surface area (Å²) in [5, 5.41) is 0.912. The number of ketones is 1. The lowest BCUT2D eigenvalue weighted by molar-refractivity contribution is 0.0963. The van der Waals surface area contributed by atoms with Crippen LogP contribution in [0, 0.1) is 5.82 Å². The van der Waals surface area contributed by atoms with E-state index in [1.165, 1.54) is 6.07 Å². The second-order valence-electron chi connectivity index (χ2n) is 4.51. The van der Waals surface area contributed by atoms with Gasteiger partial charge in [0, 0.05) is 23.9 Å². The van der Waals surface area contributed by atoms with Crippen molar-refractivity contribution >= 4 is 16.7 Å². The molecule has 2 aromatic rings. The molecule has 0 fully saturated rings. The third-order valence-electron chi connectivity index (χ3n) is 3.54. The standard InChI is InChI=1S/C14H14FNO/c1-2-16-12-7-6-9(15)8-11(12)10-4-3-5-13(17)14(10)16/h6-8H,2-5H2,1H3. The van der Waals surface area contributed by atoms with Crippen LogP contribution in [0.3, 0.4) is 0 Å². The number of benzene rings is 1. The third kappa shape index (κ3) is 1.42. The van der Waals surface area contributed by atoms with Crippen molar-refractivity contribution in [3.8, 4) is 0 Å². The molecule has 88 valence electrons. The SMILES string of the molecule is CCn1c2c(c3cc(F)ccc31)CCCC2=O. The van der Waals surface area contributed by atoms with Gasteiger partial charge in [0.25, 0.3) is 0 Å². The zero-order valence-corrected chi connectivity index (χ0v) is 9.79. The quantitative estimate of drug-likeness (QED) is 0.738. The molecule has 1 aromatic carbocycles. The fraction of sp³-hybridized carbons (Fsp3) is 0.357. The Kier molecular flexibility index (Phi) is 2.28. The van der Waals surface area contributed by atoms with Crippen molar-refractivity contribution in [1.82, 2.24) is 4.57 Å².